The van der Waals surface area contributed by atoms with Crippen molar-refractivity contribution in [2.45, 2.75) is 57.4 Å². The van der Waals surface area contributed by atoms with Crippen LogP contribution in [0.3, 0.4) is 0 Å². The van der Waals surface area contributed by atoms with Gasteiger partial charge in [-0.15, -0.1) is 0 Å². The van der Waals surface area contributed by atoms with Crippen LogP contribution in [0, 0.1) is 5.82 Å². The van der Waals surface area contributed by atoms with E-state index in [1.165, 1.54) is 18.6 Å². The SMILES string of the molecule is CCCOC[C@H](N)CNC(=O)c1[nH]c2ccc(F)cc2c1C1CCCCC1. The van der Waals surface area contributed by atoms with E-state index in [-0.39, 0.29) is 23.7 Å². The molecule has 1 aromatic heterocycles. The topological polar surface area (TPSA) is 80.1 Å². The van der Waals surface area contributed by atoms with Crippen LogP contribution in [-0.4, -0.2) is 36.7 Å². The lowest BCUT2D eigenvalue weighted by Gasteiger charge is -2.23. The Hall–Kier alpha value is -1.92. The van der Waals surface area contributed by atoms with Crippen LogP contribution in [0.5, 0.6) is 0 Å². The van der Waals surface area contributed by atoms with Gasteiger partial charge in [-0.2, -0.15) is 0 Å². The number of ether oxygens (including phenoxy) is 1. The molecule has 1 aromatic carbocycles. The summed E-state index contributed by atoms with van der Waals surface area (Å²) in [5.41, 5.74) is 8.32. The van der Waals surface area contributed by atoms with E-state index in [0.717, 1.165) is 48.6 Å². The van der Waals surface area contributed by atoms with Crippen molar-refractivity contribution in [3.8, 4) is 0 Å². The molecule has 1 heterocycles. The van der Waals surface area contributed by atoms with Crippen molar-refractivity contribution in [3.05, 3.63) is 35.3 Å². The molecule has 1 aliphatic rings. The predicted molar refractivity (Wildman–Crippen MR) is 106 cm³/mol. The fraction of sp³-hybridized carbons (Fsp3) is 0.571. The summed E-state index contributed by atoms with van der Waals surface area (Å²) in [5, 5.41) is 3.73. The molecule has 0 aliphatic heterocycles. The number of halogens is 1. The number of hydrogen-bond donors (Lipinski definition) is 3. The summed E-state index contributed by atoms with van der Waals surface area (Å²) in [5.74, 6) is -0.171. The van der Waals surface area contributed by atoms with Gasteiger partial charge in [0.15, 0.2) is 0 Å². The first-order valence-electron chi connectivity index (χ1n) is 10.0. The van der Waals surface area contributed by atoms with E-state index < -0.39 is 0 Å². The van der Waals surface area contributed by atoms with Crippen LogP contribution in [0.4, 0.5) is 4.39 Å². The number of amides is 1. The van der Waals surface area contributed by atoms with Gasteiger partial charge < -0.3 is 20.8 Å². The van der Waals surface area contributed by atoms with Crippen molar-refractivity contribution in [1.82, 2.24) is 10.3 Å². The molecule has 0 radical (unpaired) electrons. The normalized spacial score (nSPS) is 16.6. The molecule has 1 atom stereocenters. The maximum Gasteiger partial charge on any atom is 0.268 e. The van der Waals surface area contributed by atoms with Gasteiger partial charge in [0, 0.05) is 30.1 Å². The lowest BCUT2D eigenvalue weighted by Crippen LogP contribution is -2.40. The van der Waals surface area contributed by atoms with Gasteiger partial charge in [0.1, 0.15) is 11.5 Å². The molecule has 1 fully saturated rings. The molecule has 1 aliphatic carbocycles. The summed E-state index contributed by atoms with van der Waals surface area (Å²) in [6.45, 7) is 3.47. The van der Waals surface area contributed by atoms with E-state index in [9.17, 15) is 9.18 Å². The van der Waals surface area contributed by atoms with Crippen LogP contribution in [0.2, 0.25) is 0 Å². The average Bonchev–Trinajstić information content (AvgIpc) is 3.05. The average molecular weight is 375 g/mol. The fourth-order valence-electron chi connectivity index (χ4n) is 3.93. The maximum atomic E-state index is 13.9. The zero-order valence-electron chi connectivity index (χ0n) is 16.0. The molecular weight excluding hydrogens is 345 g/mol. The van der Waals surface area contributed by atoms with E-state index in [1.807, 2.05) is 6.92 Å². The summed E-state index contributed by atoms with van der Waals surface area (Å²) >= 11 is 0. The van der Waals surface area contributed by atoms with Gasteiger partial charge in [-0.3, -0.25) is 4.79 Å². The van der Waals surface area contributed by atoms with Crippen molar-refractivity contribution < 1.29 is 13.9 Å². The van der Waals surface area contributed by atoms with Crippen molar-refractivity contribution in [3.63, 3.8) is 0 Å². The number of nitrogens with two attached hydrogens (primary N) is 1. The van der Waals surface area contributed by atoms with Gasteiger partial charge >= 0.3 is 0 Å². The molecule has 1 saturated carbocycles. The van der Waals surface area contributed by atoms with Crippen LogP contribution in [0.1, 0.15) is 67.4 Å². The maximum absolute atomic E-state index is 13.9. The molecule has 2 aromatic rings. The van der Waals surface area contributed by atoms with Crippen LogP contribution < -0.4 is 11.1 Å². The third kappa shape index (κ3) is 4.87. The monoisotopic (exact) mass is 375 g/mol. The number of hydrogen-bond acceptors (Lipinski definition) is 3. The summed E-state index contributed by atoms with van der Waals surface area (Å²) in [6, 6.07) is 4.42. The quantitative estimate of drug-likeness (QED) is 0.613. The lowest BCUT2D eigenvalue weighted by molar-refractivity contribution is 0.0923. The molecule has 0 unspecified atom stereocenters. The Kier molecular flexibility index (Phi) is 6.85. The second kappa shape index (κ2) is 9.33. The molecule has 0 saturated heterocycles. The fourth-order valence-corrected chi connectivity index (χ4v) is 3.93. The highest BCUT2D eigenvalue weighted by Gasteiger charge is 2.26. The van der Waals surface area contributed by atoms with Gasteiger partial charge in [0.2, 0.25) is 0 Å². The van der Waals surface area contributed by atoms with Crippen molar-refractivity contribution in [2.75, 3.05) is 19.8 Å². The number of aromatic amines is 1. The van der Waals surface area contributed by atoms with E-state index in [4.69, 9.17) is 10.5 Å². The molecule has 1 amide bonds. The smallest absolute Gasteiger partial charge is 0.268 e. The largest absolute Gasteiger partial charge is 0.380 e. The third-order valence-corrected chi connectivity index (χ3v) is 5.25. The Morgan fingerprint density at radius 3 is 2.89 bits per heavy atom. The van der Waals surface area contributed by atoms with Gasteiger partial charge in [-0.05, 0) is 48.9 Å². The molecule has 0 bridgehead atoms. The minimum atomic E-state index is -0.277. The Balaban J connectivity index is 1.79. The summed E-state index contributed by atoms with van der Waals surface area (Å²) in [7, 11) is 0. The van der Waals surface area contributed by atoms with Gasteiger partial charge in [-0.25, -0.2) is 4.39 Å². The van der Waals surface area contributed by atoms with Crippen molar-refractivity contribution in [1.29, 1.82) is 0 Å². The first-order chi connectivity index (χ1) is 13.1. The highest BCUT2D eigenvalue weighted by Crippen LogP contribution is 2.38. The number of carbonyl (C=O) groups excluding carboxylic acids is 1. The Labute approximate surface area is 159 Å². The number of nitrogens with one attached hydrogen (secondary N) is 2. The highest BCUT2D eigenvalue weighted by atomic mass is 19.1. The molecular formula is C21H30FN3O2. The molecule has 5 nitrogen and oxygen atoms in total. The summed E-state index contributed by atoms with van der Waals surface area (Å²) < 4.78 is 19.3. The first kappa shape index (κ1) is 19.8. The van der Waals surface area contributed by atoms with Crippen LogP contribution in [0.25, 0.3) is 10.9 Å². The minimum absolute atomic E-state index is 0.182. The summed E-state index contributed by atoms with van der Waals surface area (Å²) in [6.07, 6.45) is 6.53. The number of benzene rings is 1. The highest BCUT2D eigenvalue weighted by molar-refractivity contribution is 6.01. The van der Waals surface area contributed by atoms with E-state index >= 15 is 0 Å². The molecule has 27 heavy (non-hydrogen) atoms. The lowest BCUT2D eigenvalue weighted by atomic mass is 9.82. The van der Waals surface area contributed by atoms with Crippen LogP contribution in [-0.2, 0) is 4.74 Å². The Bertz CT molecular complexity index is 768. The number of rotatable bonds is 8. The number of carbonyl (C=O) groups is 1. The summed E-state index contributed by atoms with van der Waals surface area (Å²) in [4.78, 5) is 16.1. The zero-order chi connectivity index (χ0) is 19.2. The predicted octanol–water partition coefficient (Wildman–Crippen LogP) is 3.84. The number of aromatic nitrogens is 1. The van der Waals surface area contributed by atoms with Crippen LogP contribution >= 0.6 is 0 Å². The van der Waals surface area contributed by atoms with Crippen LogP contribution in [0.15, 0.2) is 18.2 Å². The first-order valence-corrected chi connectivity index (χ1v) is 10.0. The minimum Gasteiger partial charge on any atom is -0.380 e. The van der Waals surface area contributed by atoms with E-state index in [0.29, 0.717) is 25.5 Å². The second-order valence-electron chi connectivity index (χ2n) is 7.48. The third-order valence-electron chi connectivity index (χ3n) is 5.25. The van der Waals surface area contributed by atoms with Crippen molar-refractivity contribution in [2.24, 2.45) is 5.73 Å². The number of fused-ring (bicyclic) bond motifs is 1. The van der Waals surface area contributed by atoms with Gasteiger partial charge in [-0.1, -0.05) is 26.2 Å². The Morgan fingerprint density at radius 2 is 2.15 bits per heavy atom. The molecule has 3 rings (SSSR count). The zero-order valence-corrected chi connectivity index (χ0v) is 16.0. The second-order valence-corrected chi connectivity index (χ2v) is 7.48. The van der Waals surface area contributed by atoms with E-state index in [2.05, 4.69) is 10.3 Å². The Morgan fingerprint density at radius 1 is 1.37 bits per heavy atom. The van der Waals surface area contributed by atoms with Crippen molar-refractivity contribution >= 4 is 16.8 Å². The van der Waals surface area contributed by atoms with Gasteiger partial charge in [0.05, 0.1) is 6.61 Å². The van der Waals surface area contributed by atoms with Gasteiger partial charge in [0.25, 0.3) is 5.91 Å². The molecule has 6 heteroatoms. The standard InChI is InChI=1S/C21H30FN3O2/c1-2-10-27-13-16(23)12-24-21(26)20-19(14-6-4-3-5-7-14)17-11-15(22)8-9-18(17)25-20/h8-9,11,14,16,25H,2-7,10,12-13,23H2,1H3,(H,24,26)/t16-/m1/s1. The van der Waals surface area contributed by atoms with E-state index in [1.54, 1.807) is 6.07 Å². The number of H-pyrrole nitrogens is 1. The molecule has 0 spiro atoms. The molecule has 4 N–H and O–H groups in total. The molecule has 148 valence electrons.